The van der Waals surface area contributed by atoms with Crippen molar-refractivity contribution < 1.29 is 24.1 Å². The number of hydrogen-bond donors (Lipinski definition) is 1. The Kier molecular flexibility index (Phi) is 9.66. The fourth-order valence-electron chi connectivity index (χ4n) is 4.42. The predicted octanol–water partition coefficient (Wildman–Crippen LogP) is 6.45. The van der Waals surface area contributed by atoms with Gasteiger partial charge in [-0.05, 0) is 80.1 Å². The van der Waals surface area contributed by atoms with Gasteiger partial charge < -0.3 is 24.2 Å². The molecular weight excluding hydrogens is 490 g/mol. The first-order valence-electron chi connectivity index (χ1n) is 13.6. The summed E-state index contributed by atoms with van der Waals surface area (Å²) in [5, 5.41) is 9.09. The molecule has 1 N–H and O–H groups in total. The van der Waals surface area contributed by atoms with E-state index in [0.29, 0.717) is 32.7 Å². The van der Waals surface area contributed by atoms with Gasteiger partial charge in [0, 0.05) is 31.7 Å². The first-order valence-corrected chi connectivity index (χ1v) is 13.6. The Morgan fingerprint density at radius 3 is 2.31 bits per heavy atom. The van der Waals surface area contributed by atoms with Crippen LogP contribution in [0.15, 0.2) is 78.9 Å². The van der Waals surface area contributed by atoms with Crippen molar-refractivity contribution in [1.82, 2.24) is 4.90 Å². The monoisotopic (exact) mass is 529 g/mol. The molecule has 1 heterocycles. The molecule has 0 radical (unpaired) electrons. The lowest BCUT2D eigenvalue weighted by Gasteiger charge is -2.30. The van der Waals surface area contributed by atoms with E-state index in [1.54, 1.807) is 4.90 Å². The number of rotatable bonds is 10. The highest BCUT2D eigenvalue weighted by Gasteiger charge is 2.24. The fraction of sp³-hybridized carbons (Fsp3) is 0.364. The molecule has 0 aromatic heterocycles. The van der Waals surface area contributed by atoms with Crippen molar-refractivity contribution in [3.05, 3.63) is 101 Å². The molecule has 0 aliphatic carbocycles. The summed E-state index contributed by atoms with van der Waals surface area (Å²) in [6.45, 7) is 7.92. The van der Waals surface area contributed by atoms with E-state index in [-0.39, 0.29) is 12.7 Å². The standard InChI is InChI=1S/C33H39NO5/c1-33(2,3)39-32(36)34-19-15-28(16-20-34)30-23-26(11-14-31(30)38-24-27-7-5-4-6-8-27)18-22-37-29-12-9-25(10-13-29)17-21-35/h4-15,23,35H,16-22,24H2,1-3H3. The first-order chi connectivity index (χ1) is 18.8. The molecule has 206 valence electrons. The molecule has 1 amide bonds. The van der Waals surface area contributed by atoms with Crippen LogP contribution in [-0.4, -0.2) is 48.0 Å². The van der Waals surface area contributed by atoms with Crippen molar-refractivity contribution in [2.45, 2.75) is 52.2 Å². The minimum Gasteiger partial charge on any atom is -0.493 e. The van der Waals surface area contributed by atoms with Crippen molar-refractivity contribution in [2.75, 3.05) is 26.3 Å². The van der Waals surface area contributed by atoms with E-state index in [4.69, 9.17) is 19.3 Å². The first kappa shape index (κ1) is 28.2. The molecule has 6 nitrogen and oxygen atoms in total. The minimum atomic E-state index is -0.516. The maximum Gasteiger partial charge on any atom is 0.410 e. The maximum absolute atomic E-state index is 12.5. The highest BCUT2D eigenvalue weighted by Crippen LogP contribution is 2.32. The SMILES string of the molecule is CC(C)(C)OC(=O)N1CC=C(c2cc(CCOc3ccc(CCO)cc3)ccc2OCc2ccccc2)CC1. The van der Waals surface area contributed by atoms with Gasteiger partial charge >= 0.3 is 6.09 Å². The van der Waals surface area contributed by atoms with Crippen LogP contribution in [0, 0.1) is 0 Å². The maximum atomic E-state index is 12.5. The number of benzene rings is 3. The van der Waals surface area contributed by atoms with E-state index in [9.17, 15) is 4.79 Å². The fourth-order valence-corrected chi connectivity index (χ4v) is 4.42. The molecule has 0 atom stereocenters. The van der Waals surface area contributed by atoms with Crippen molar-refractivity contribution in [1.29, 1.82) is 0 Å². The molecule has 39 heavy (non-hydrogen) atoms. The zero-order chi connectivity index (χ0) is 27.7. The summed E-state index contributed by atoms with van der Waals surface area (Å²) < 4.78 is 17.8. The van der Waals surface area contributed by atoms with Crippen LogP contribution in [0.3, 0.4) is 0 Å². The van der Waals surface area contributed by atoms with Crippen LogP contribution < -0.4 is 9.47 Å². The number of carbonyl (C=O) groups is 1. The summed E-state index contributed by atoms with van der Waals surface area (Å²) in [4.78, 5) is 14.3. The molecule has 6 heteroatoms. The van der Waals surface area contributed by atoms with Gasteiger partial charge in [0.15, 0.2) is 0 Å². The second kappa shape index (κ2) is 13.3. The smallest absolute Gasteiger partial charge is 0.410 e. The topological polar surface area (TPSA) is 68.2 Å². The molecule has 3 aromatic carbocycles. The molecule has 3 aromatic rings. The van der Waals surface area contributed by atoms with Crippen LogP contribution in [0.5, 0.6) is 11.5 Å². The Balaban J connectivity index is 1.46. The Bertz CT molecular complexity index is 1250. The van der Waals surface area contributed by atoms with Crippen LogP contribution in [0.2, 0.25) is 0 Å². The average Bonchev–Trinajstić information content (AvgIpc) is 2.93. The third-order valence-electron chi connectivity index (χ3n) is 6.47. The number of aliphatic hydroxyl groups is 1. The van der Waals surface area contributed by atoms with Gasteiger partial charge in [0.1, 0.15) is 23.7 Å². The van der Waals surface area contributed by atoms with Crippen molar-refractivity contribution in [3.8, 4) is 11.5 Å². The van der Waals surface area contributed by atoms with Crippen LogP contribution in [0.25, 0.3) is 5.57 Å². The van der Waals surface area contributed by atoms with Gasteiger partial charge in [-0.1, -0.05) is 54.6 Å². The molecule has 0 unspecified atom stereocenters. The quantitative estimate of drug-likeness (QED) is 0.327. The third kappa shape index (κ3) is 8.62. The van der Waals surface area contributed by atoms with E-state index in [0.717, 1.165) is 46.6 Å². The van der Waals surface area contributed by atoms with Crippen LogP contribution in [0.4, 0.5) is 4.79 Å². The number of hydrogen-bond acceptors (Lipinski definition) is 5. The van der Waals surface area contributed by atoms with E-state index in [1.807, 2.05) is 69.3 Å². The normalized spacial score (nSPS) is 13.5. The summed E-state index contributed by atoms with van der Waals surface area (Å²) in [6.07, 6.45) is 3.94. The van der Waals surface area contributed by atoms with Gasteiger partial charge in [-0.3, -0.25) is 0 Å². The Morgan fingerprint density at radius 1 is 0.897 bits per heavy atom. The van der Waals surface area contributed by atoms with Gasteiger partial charge in [0.25, 0.3) is 0 Å². The van der Waals surface area contributed by atoms with E-state index >= 15 is 0 Å². The van der Waals surface area contributed by atoms with Crippen molar-refractivity contribution >= 4 is 11.7 Å². The number of aliphatic hydroxyl groups excluding tert-OH is 1. The zero-order valence-corrected chi connectivity index (χ0v) is 23.2. The largest absolute Gasteiger partial charge is 0.493 e. The number of nitrogens with zero attached hydrogens (tertiary/aromatic N) is 1. The summed E-state index contributed by atoms with van der Waals surface area (Å²) in [5.74, 6) is 1.65. The van der Waals surface area contributed by atoms with Gasteiger partial charge in [-0.15, -0.1) is 0 Å². The number of carbonyl (C=O) groups excluding carboxylic acids is 1. The number of ether oxygens (including phenoxy) is 3. The molecule has 0 spiro atoms. The van der Waals surface area contributed by atoms with Crippen molar-refractivity contribution in [2.24, 2.45) is 0 Å². The third-order valence-corrected chi connectivity index (χ3v) is 6.47. The highest BCUT2D eigenvalue weighted by molar-refractivity contribution is 5.75. The Hall–Kier alpha value is -3.77. The van der Waals surface area contributed by atoms with Gasteiger partial charge in [-0.2, -0.15) is 0 Å². The number of amides is 1. The summed E-state index contributed by atoms with van der Waals surface area (Å²) in [6, 6.07) is 24.3. The predicted molar refractivity (Wildman–Crippen MR) is 154 cm³/mol. The molecule has 1 aliphatic rings. The second-order valence-electron chi connectivity index (χ2n) is 10.7. The summed E-state index contributed by atoms with van der Waals surface area (Å²) in [7, 11) is 0. The zero-order valence-electron chi connectivity index (χ0n) is 23.2. The van der Waals surface area contributed by atoms with E-state index in [1.165, 1.54) is 5.57 Å². The summed E-state index contributed by atoms with van der Waals surface area (Å²) >= 11 is 0. The van der Waals surface area contributed by atoms with Crippen LogP contribution in [-0.2, 0) is 24.2 Å². The molecule has 0 bridgehead atoms. The Labute approximate surface area is 231 Å². The molecule has 4 rings (SSSR count). The van der Waals surface area contributed by atoms with E-state index in [2.05, 4.69) is 30.3 Å². The highest BCUT2D eigenvalue weighted by atomic mass is 16.6. The van der Waals surface area contributed by atoms with Crippen LogP contribution in [0.1, 0.15) is 49.4 Å². The molecule has 1 aliphatic heterocycles. The molecular formula is C33H39NO5. The molecule has 0 saturated heterocycles. The second-order valence-corrected chi connectivity index (χ2v) is 10.7. The molecule has 0 saturated carbocycles. The van der Waals surface area contributed by atoms with Gasteiger partial charge in [0.2, 0.25) is 0 Å². The minimum absolute atomic E-state index is 0.142. The van der Waals surface area contributed by atoms with Gasteiger partial charge in [0.05, 0.1) is 6.61 Å². The average molecular weight is 530 g/mol. The summed E-state index contributed by atoms with van der Waals surface area (Å²) in [5.41, 5.74) is 5.06. The van der Waals surface area contributed by atoms with Gasteiger partial charge in [-0.25, -0.2) is 4.79 Å². The lowest BCUT2D eigenvalue weighted by molar-refractivity contribution is 0.0270. The Morgan fingerprint density at radius 2 is 1.64 bits per heavy atom. The lowest BCUT2D eigenvalue weighted by Crippen LogP contribution is -2.39. The van der Waals surface area contributed by atoms with E-state index < -0.39 is 5.60 Å². The molecule has 0 fully saturated rings. The van der Waals surface area contributed by atoms with Crippen molar-refractivity contribution in [3.63, 3.8) is 0 Å². The van der Waals surface area contributed by atoms with Crippen LogP contribution >= 0.6 is 0 Å². The lowest BCUT2D eigenvalue weighted by atomic mass is 9.96.